The monoisotopic (exact) mass is 303 g/mol. The lowest BCUT2D eigenvalue weighted by Gasteiger charge is -2.17. The molecule has 5 heteroatoms. The predicted octanol–water partition coefficient (Wildman–Crippen LogP) is 3.28. The van der Waals surface area contributed by atoms with Gasteiger partial charge in [0.15, 0.2) is 0 Å². The molecule has 0 unspecified atom stereocenters. The fraction of sp³-hybridized carbons (Fsp3) is 0.571. The van der Waals surface area contributed by atoms with E-state index in [9.17, 15) is 8.42 Å². The van der Waals surface area contributed by atoms with Gasteiger partial charge in [-0.1, -0.05) is 45.0 Å². The van der Waals surface area contributed by atoms with Gasteiger partial charge in [0.25, 0.3) is 0 Å². The summed E-state index contributed by atoms with van der Waals surface area (Å²) in [7, 11) is -3.22. The zero-order chi connectivity index (χ0) is 14.5. The molecule has 0 fully saturated rings. The molecule has 0 bridgehead atoms. The molecular formula is C14H22ClNO2S. The van der Waals surface area contributed by atoms with Gasteiger partial charge in [0.05, 0.1) is 5.75 Å². The van der Waals surface area contributed by atoms with Gasteiger partial charge >= 0.3 is 0 Å². The van der Waals surface area contributed by atoms with Crippen molar-refractivity contribution in [2.45, 2.75) is 39.6 Å². The van der Waals surface area contributed by atoms with Crippen LogP contribution in [0.15, 0.2) is 24.3 Å². The second-order valence-corrected chi connectivity index (χ2v) is 8.10. The van der Waals surface area contributed by atoms with Gasteiger partial charge in [0.1, 0.15) is 0 Å². The van der Waals surface area contributed by atoms with E-state index in [2.05, 4.69) is 4.72 Å². The molecule has 19 heavy (non-hydrogen) atoms. The fourth-order valence-corrected chi connectivity index (χ4v) is 3.11. The van der Waals surface area contributed by atoms with Crippen LogP contribution in [0.3, 0.4) is 0 Å². The first-order valence-corrected chi connectivity index (χ1v) is 8.52. The standard InChI is InChI=1S/C14H22ClNO2S/c1-14(2,3)7-8-19(17,18)16-11-13-6-4-5-12(9-13)10-15/h4-6,9,16H,7-8,10-11H2,1-3H3. The van der Waals surface area contributed by atoms with Crippen molar-refractivity contribution in [3.63, 3.8) is 0 Å². The largest absolute Gasteiger partial charge is 0.212 e. The van der Waals surface area contributed by atoms with E-state index in [1.807, 2.05) is 45.0 Å². The smallest absolute Gasteiger partial charge is 0.211 e. The molecule has 0 heterocycles. The van der Waals surface area contributed by atoms with Crippen LogP contribution in [0.25, 0.3) is 0 Å². The predicted molar refractivity (Wildman–Crippen MR) is 80.7 cm³/mol. The van der Waals surface area contributed by atoms with Gasteiger partial charge < -0.3 is 0 Å². The van der Waals surface area contributed by atoms with Crippen molar-refractivity contribution in [3.8, 4) is 0 Å². The summed E-state index contributed by atoms with van der Waals surface area (Å²) in [5.74, 6) is 0.594. The van der Waals surface area contributed by atoms with E-state index < -0.39 is 10.0 Å². The van der Waals surface area contributed by atoms with Crippen LogP contribution in [0, 0.1) is 5.41 Å². The Morgan fingerprint density at radius 2 is 1.84 bits per heavy atom. The summed E-state index contributed by atoms with van der Waals surface area (Å²) in [5.41, 5.74) is 1.94. The van der Waals surface area contributed by atoms with E-state index in [4.69, 9.17) is 11.6 Å². The number of sulfonamides is 1. The van der Waals surface area contributed by atoms with Crippen LogP contribution in [0.4, 0.5) is 0 Å². The van der Waals surface area contributed by atoms with Gasteiger partial charge in [0.2, 0.25) is 10.0 Å². The summed E-state index contributed by atoms with van der Waals surface area (Å²) >= 11 is 5.75. The molecule has 1 aromatic rings. The lowest BCUT2D eigenvalue weighted by Crippen LogP contribution is -2.28. The molecule has 3 nitrogen and oxygen atoms in total. The summed E-state index contributed by atoms with van der Waals surface area (Å²) in [6.07, 6.45) is 0.643. The van der Waals surface area contributed by atoms with Crippen LogP contribution in [0.5, 0.6) is 0 Å². The lowest BCUT2D eigenvalue weighted by molar-refractivity contribution is 0.396. The number of nitrogens with one attached hydrogen (secondary N) is 1. The number of halogens is 1. The molecule has 0 spiro atoms. The number of hydrogen-bond acceptors (Lipinski definition) is 2. The molecule has 0 amide bonds. The third-order valence-electron chi connectivity index (χ3n) is 2.76. The highest BCUT2D eigenvalue weighted by atomic mass is 35.5. The molecule has 0 atom stereocenters. The Balaban J connectivity index is 2.55. The first-order valence-electron chi connectivity index (χ1n) is 6.33. The van der Waals surface area contributed by atoms with Gasteiger partial charge in [-0.3, -0.25) is 0 Å². The summed E-state index contributed by atoms with van der Waals surface area (Å²) in [6.45, 7) is 6.42. The molecular weight excluding hydrogens is 282 g/mol. The first kappa shape index (κ1) is 16.5. The van der Waals surface area contributed by atoms with Crippen molar-refractivity contribution >= 4 is 21.6 Å². The topological polar surface area (TPSA) is 46.2 Å². The van der Waals surface area contributed by atoms with Crippen LogP contribution in [0.2, 0.25) is 0 Å². The van der Waals surface area contributed by atoms with Crippen LogP contribution < -0.4 is 4.72 Å². The van der Waals surface area contributed by atoms with Crippen LogP contribution >= 0.6 is 11.6 Å². The summed E-state index contributed by atoms with van der Waals surface area (Å²) in [5, 5.41) is 0. The molecule has 0 saturated carbocycles. The number of rotatable bonds is 6. The quantitative estimate of drug-likeness (QED) is 0.820. The molecule has 0 aliphatic heterocycles. The molecule has 1 aromatic carbocycles. The average Bonchev–Trinajstić information content (AvgIpc) is 2.34. The molecule has 0 aliphatic rings. The van der Waals surface area contributed by atoms with Crippen molar-refractivity contribution < 1.29 is 8.42 Å². The molecule has 1 N–H and O–H groups in total. The SMILES string of the molecule is CC(C)(C)CCS(=O)(=O)NCc1cccc(CCl)c1. The van der Waals surface area contributed by atoms with Crippen molar-refractivity contribution in [1.82, 2.24) is 4.72 Å². The maximum absolute atomic E-state index is 11.9. The third-order valence-corrected chi connectivity index (χ3v) is 4.40. The number of alkyl halides is 1. The summed E-state index contributed by atoms with van der Waals surface area (Å²) in [6, 6.07) is 7.61. The molecule has 0 aromatic heterocycles. The van der Waals surface area contributed by atoms with Crippen LogP contribution in [-0.4, -0.2) is 14.2 Å². The first-order chi connectivity index (χ1) is 8.72. The number of benzene rings is 1. The van der Waals surface area contributed by atoms with E-state index in [0.717, 1.165) is 11.1 Å². The van der Waals surface area contributed by atoms with Crippen LogP contribution in [-0.2, 0) is 22.4 Å². The Labute approximate surface area is 121 Å². The highest BCUT2D eigenvalue weighted by molar-refractivity contribution is 7.89. The minimum absolute atomic E-state index is 0.0211. The Hall–Kier alpha value is -0.580. The lowest BCUT2D eigenvalue weighted by atomic mass is 9.94. The Morgan fingerprint density at radius 1 is 1.21 bits per heavy atom. The Bertz CT molecular complexity index is 506. The van der Waals surface area contributed by atoms with Gasteiger partial charge in [-0.2, -0.15) is 0 Å². The van der Waals surface area contributed by atoms with E-state index in [-0.39, 0.29) is 11.2 Å². The minimum atomic E-state index is -3.22. The van der Waals surface area contributed by atoms with Gasteiger partial charge in [-0.05, 0) is 23.0 Å². The zero-order valence-corrected chi connectivity index (χ0v) is 13.3. The summed E-state index contributed by atoms with van der Waals surface area (Å²) in [4.78, 5) is 0. The second-order valence-electron chi connectivity index (χ2n) is 5.90. The van der Waals surface area contributed by atoms with Crippen molar-refractivity contribution in [3.05, 3.63) is 35.4 Å². The Morgan fingerprint density at radius 3 is 2.42 bits per heavy atom. The molecule has 0 radical (unpaired) electrons. The highest BCUT2D eigenvalue weighted by Gasteiger charge is 2.16. The molecule has 1 rings (SSSR count). The Kier molecular flexibility index (Phi) is 5.83. The maximum Gasteiger partial charge on any atom is 0.211 e. The maximum atomic E-state index is 11.9. The van der Waals surface area contributed by atoms with E-state index in [1.54, 1.807) is 0 Å². The molecule has 0 saturated heterocycles. The fourth-order valence-electron chi connectivity index (χ4n) is 1.53. The van der Waals surface area contributed by atoms with E-state index in [0.29, 0.717) is 18.8 Å². The third kappa shape index (κ3) is 6.95. The van der Waals surface area contributed by atoms with Crippen molar-refractivity contribution in [1.29, 1.82) is 0 Å². The number of hydrogen-bond donors (Lipinski definition) is 1. The normalized spacial score (nSPS) is 12.6. The van der Waals surface area contributed by atoms with Crippen LogP contribution in [0.1, 0.15) is 38.3 Å². The molecule has 0 aliphatic carbocycles. The summed E-state index contributed by atoms with van der Waals surface area (Å²) < 4.78 is 26.4. The van der Waals surface area contributed by atoms with E-state index in [1.165, 1.54) is 0 Å². The van der Waals surface area contributed by atoms with Crippen molar-refractivity contribution in [2.24, 2.45) is 5.41 Å². The van der Waals surface area contributed by atoms with E-state index >= 15 is 0 Å². The van der Waals surface area contributed by atoms with Crippen molar-refractivity contribution in [2.75, 3.05) is 5.75 Å². The average molecular weight is 304 g/mol. The second kappa shape index (κ2) is 6.73. The highest BCUT2D eigenvalue weighted by Crippen LogP contribution is 2.19. The van der Waals surface area contributed by atoms with Gasteiger partial charge in [-0.25, -0.2) is 13.1 Å². The van der Waals surface area contributed by atoms with Gasteiger partial charge in [-0.15, -0.1) is 11.6 Å². The van der Waals surface area contributed by atoms with Gasteiger partial charge in [0, 0.05) is 12.4 Å². The zero-order valence-electron chi connectivity index (χ0n) is 11.7. The minimum Gasteiger partial charge on any atom is -0.212 e. The molecule has 108 valence electrons.